The molecule has 0 atom stereocenters. The van der Waals surface area contributed by atoms with Crippen molar-refractivity contribution in [2.24, 2.45) is 5.92 Å². The molecule has 4 heteroatoms. The van der Waals surface area contributed by atoms with Gasteiger partial charge in [-0.25, -0.2) is 0 Å². The highest BCUT2D eigenvalue weighted by molar-refractivity contribution is 6.04. The minimum atomic E-state index is -0.0281. The topological polar surface area (TPSA) is 36.7 Å². The molecule has 0 unspecified atom stereocenters. The molecule has 1 aliphatic heterocycles. The Morgan fingerprint density at radius 3 is 2.43 bits per heavy atom. The summed E-state index contributed by atoms with van der Waals surface area (Å²) in [7, 11) is 0. The summed E-state index contributed by atoms with van der Waals surface area (Å²) >= 11 is 0. The minimum absolute atomic E-state index is 0.0281. The van der Waals surface area contributed by atoms with Crippen molar-refractivity contribution >= 4 is 11.6 Å². The van der Waals surface area contributed by atoms with E-state index >= 15 is 0 Å². The van der Waals surface area contributed by atoms with Crippen molar-refractivity contribution in [3.63, 3.8) is 0 Å². The van der Waals surface area contributed by atoms with E-state index in [-0.39, 0.29) is 11.9 Å². The van der Waals surface area contributed by atoms with Crippen LogP contribution in [-0.4, -0.2) is 36.5 Å². The lowest BCUT2D eigenvalue weighted by atomic mass is 9.86. The van der Waals surface area contributed by atoms with E-state index in [1.54, 1.807) is 18.4 Å². The Morgan fingerprint density at radius 2 is 1.77 bits per heavy atom. The Kier molecular flexibility index (Phi) is 7.27. The smallest absolute Gasteiger partial charge is 0.294 e. The quantitative estimate of drug-likeness (QED) is 0.559. The predicted octanol–water partition coefficient (Wildman–Crippen LogP) is 6.06. The molecular weight excluding hydrogens is 372 g/mol. The van der Waals surface area contributed by atoms with Crippen LogP contribution in [0, 0.1) is 12.8 Å². The number of rotatable bonds is 7. The van der Waals surface area contributed by atoms with Crippen LogP contribution in [0.5, 0.6) is 0 Å². The van der Waals surface area contributed by atoms with Crippen molar-refractivity contribution in [1.82, 2.24) is 4.90 Å². The number of likely N-dealkylation sites (tertiary alicyclic amines) is 1. The van der Waals surface area contributed by atoms with Crippen molar-refractivity contribution < 1.29 is 9.21 Å². The summed E-state index contributed by atoms with van der Waals surface area (Å²) in [4.78, 5) is 17.8. The first-order valence-corrected chi connectivity index (χ1v) is 11.9. The predicted molar refractivity (Wildman–Crippen MR) is 122 cm³/mol. The number of anilines is 1. The zero-order valence-corrected chi connectivity index (χ0v) is 18.4. The molecule has 2 fully saturated rings. The summed E-state index contributed by atoms with van der Waals surface area (Å²) in [5, 5.41) is 0. The molecule has 4 rings (SSSR count). The van der Waals surface area contributed by atoms with Gasteiger partial charge in [0.15, 0.2) is 5.76 Å². The molecule has 1 saturated heterocycles. The number of benzene rings is 1. The molecule has 30 heavy (non-hydrogen) atoms. The van der Waals surface area contributed by atoms with Gasteiger partial charge < -0.3 is 14.2 Å². The summed E-state index contributed by atoms with van der Waals surface area (Å²) in [6.45, 7) is 5.43. The Bertz CT molecular complexity index is 770. The first-order valence-electron chi connectivity index (χ1n) is 11.9. The molecule has 1 aromatic carbocycles. The minimum Gasteiger partial charge on any atom is -0.459 e. The number of nitrogens with zero attached hydrogens (tertiary/aromatic N) is 2. The van der Waals surface area contributed by atoms with Crippen molar-refractivity contribution in [3.05, 3.63) is 54.0 Å². The average Bonchev–Trinajstić information content (AvgIpc) is 3.32. The molecular formula is C26H36N2O2. The van der Waals surface area contributed by atoms with Crippen LogP contribution >= 0.6 is 0 Å². The standard InChI is InChI=1S/C26H36N2O2/c1-21-11-13-23(14-12-21)28(26(29)25-10-6-20-30-25)24-15-18-27(19-16-24)17-5-9-22-7-3-2-4-8-22/h6,10-14,20,22,24H,2-5,7-9,15-19H2,1H3. The maximum absolute atomic E-state index is 13.2. The highest BCUT2D eigenvalue weighted by Crippen LogP contribution is 2.29. The number of carbonyl (C=O) groups excluding carboxylic acids is 1. The van der Waals surface area contributed by atoms with E-state index < -0.39 is 0 Å². The van der Waals surface area contributed by atoms with Gasteiger partial charge in [0, 0.05) is 24.8 Å². The van der Waals surface area contributed by atoms with Crippen LogP contribution in [0.1, 0.15) is 73.9 Å². The van der Waals surface area contributed by atoms with E-state index in [1.807, 2.05) is 4.90 Å². The van der Waals surface area contributed by atoms with Gasteiger partial charge in [-0.15, -0.1) is 0 Å². The maximum Gasteiger partial charge on any atom is 0.294 e. The number of furan rings is 1. The van der Waals surface area contributed by atoms with Gasteiger partial charge in [-0.1, -0.05) is 49.8 Å². The van der Waals surface area contributed by atoms with E-state index in [9.17, 15) is 4.79 Å². The fraction of sp³-hybridized carbons (Fsp3) is 0.577. The number of amides is 1. The molecule has 1 aliphatic carbocycles. The third kappa shape index (κ3) is 5.34. The SMILES string of the molecule is Cc1ccc(N(C(=O)c2ccco2)C2CCN(CCCC3CCCCC3)CC2)cc1. The van der Waals surface area contributed by atoms with E-state index in [0.717, 1.165) is 37.5 Å². The van der Waals surface area contributed by atoms with Crippen molar-refractivity contribution in [2.45, 2.75) is 70.8 Å². The molecule has 0 bridgehead atoms. The second-order valence-electron chi connectivity index (χ2n) is 9.21. The van der Waals surface area contributed by atoms with E-state index in [2.05, 4.69) is 36.1 Å². The van der Waals surface area contributed by atoms with Crippen LogP contribution < -0.4 is 4.90 Å². The Labute approximate surface area is 181 Å². The van der Waals surface area contributed by atoms with Crippen molar-refractivity contribution in [1.29, 1.82) is 0 Å². The first-order chi connectivity index (χ1) is 14.7. The lowest BCUT2D eigenvalue weighted by Gasteiger charge is -2.38. The molecule has 0 radical (unpaired) electrons. The van der Waals surface area contributed by atoms with Crippen LogP contribution in [0.4, 0.5) is 5.69 Å². The molecule has 1 amide bonds. The molecule has 2 heterocycles. The van der Waals surface area contributed by atoms with Gasteiger partial charge in [0.2, 0.25) is 0 Å². The lowest BCUT2D eigenvalue weighted by Crippen LogP contribution is -2.47. The largest absolute Gasteiger partial charge is 0.459 e. The zero-order chi connectivity index (χ0) is 20.8. The molecule has 4 nitrogen and oxygen atoms in total. The monoisotopic (exact) mass is 408 g/mol. The first kappa shape index (κ1) is 21.2. The number of hydrogen-bond acceptors (Lipinski definition) is 3. The van der Waals surface area contributed by atoms with Gasteiger partial charge in [0.05, 0.1) is 6.26 Å². The summed E-state index contributed by atoms with van der Waals surface area (Å²) in [5.74, 6) is 1.37. The van der Waals surface area contributed by atoms with Gasteiger partial charge in [0.1, 0.15) is 0 Å². The summed E-state index contributed by atoms with van der Waals surface area (Å²) in [6, 6.07) is 12.1. The van der Waals surface area contributed by atoms with Crippen LogP contribution in [-0.2, 0) is 0 Å². The summed E-state index contributed by atoms with van der Waals surface area (Å²) in [5.41, 5.74) is 2.18. The van der Waals surface area contributed by atoms with Crippen molar-refractivity contribution in [2.75, 3.05) is 24.5 Å². The van der Waals surface area contributed by atoms with Crippen LogP contribution in [0.2, 0.25) is 0 Å². The molecule has 162 valence electrons. The molecule has 1 aromatic heterocycles. The summed E-state index contributed by atoms with van der Waals surface area (Å²) in [6.07, 6.45) is 13.5. The lowest BCUT2D eigenvalue weighted by molar-refractivity contribution is 0.0932. The van der Waals surface area contributed by atoms with Gasteiger partial charge >= 0.3 is 0 Å². The highest BCUT2D eigenvalue weighted by Gasteiger charge is 2.31. The second kappa shape index (κ2) is 10.3. The average molecular weight is 409 g/mol. The third-order valence-corrected chi connectivity index (χ3v) is 7.00. The maximum atomic E-state index is 13.2. The zero-order valence-electron chi connectivity index (χ0n) is 18.4. The van der Waals surface area contributed by atoms with E-state index in [4.69, 9.17) is 4.42 Å². The number of piperidine rings is 1. The van der Waals surface area contributed by atoms with Crippen LogP contribution in [0.15, 0.2) is 47.1 Å². The highest BCUT2D eigenvalue weighted by atomic mass is 16.3. The van der Waals surface area contributed by atoms with Gasteiger partial charge in [-0.3, -0.25) is 4.79 Å². The second-order valence-corrected chi connectivity index (χ2v) is 9.21. The third-order valence-electron chi connectivity index (χ3n) is 7.00. The number of aryl methyl sites for hydroxylation is 1. The van der Waals surface area contributed by atoms with Gasteiger partial charge in [0.25, 0.3) is 5.91 Å². The molecule has 0 spiro atoms. The van der Waals surface area contributed by atoms with E-state index in [0.29, 0.717) is 5.76 Å². The molecule has 0 N–H and O–H groups in total. The Hall–Kier alpha value is -2.07. The normalized spacial score (nSPS) is 19.1. The number of carbonyl (C=O) groups is 1. The molecule has 1 saturated carbocycles. The Balaban J connectivity index is 1.34. The fourth-order valence-electron chi connectivity index (χ4n) is 5.20. The molecule has 2 aliphatic rings. The number of hydrogen-bond donors (Lipinski definition) is 0. The van der Waals surface area contributed by atoms with Gasteiger partial charge in [-0.05, 0) is 69.3 Å². The van der Waals surface area contributed by atoms with E-state index in [1.165, 1.54) is 57.1 Å². The van der Waals surface area contributed by atoms with Crippen LogP contribution in [0.25, 0.3) is 0 Å². The van der Waals surface area contributed by atoms with Crippen LogP contribution in [0.3, 0.4) is 0 Å². The van der Waals surface area contributed by atoms with Crippen molar-refractivity contribution in [3.8, 4) is 0 Å². The summed E-state index contributed by atoms with van der Waals surface area (Å²) < 4.78 is 5.44. The molecule has 2 aromatic rings. The van der Waals surface area contributed by atoms with Gasteiger partial charge in [-0.2, -0.15) is 0 Å². The Morgan fingerprint density at radius 1 is 1.03 bits per heavy atom. The fourth-order valence-corrected chi connectivity index (χ4v) is 5.20.